The number of aryl methyl sites for hydroxylation is 2. The van der Waals surface area contributed by atoms with Crippen molar-refractivity contribution >= 4 is 29.2 Å². The second kappa shape index (κ2) is 10.1. The first-order valence-corrected chi connectivity index (χ1v) is 10.4. The molecule has 2 nitrogen and oxygen atoms in total. The number of rotatable bonds is 4. The Morgan fingerprint density at radius 1 is 0.862 bits per heavy atom. The summed E-state index contributed by atoms with van der Waals surface area (Å²) in [6.45, 7) is 6.87. The molecule has 0 unspecified atom stereocenters. The van der Waals surface area contributed by atoms with Crippen molar-refractivity contribution in [2.45, 2.75) is 26.6 Å². The van der Waals surface area contributed by atoms with Crippen LogP contribution in [0.15, 0.2) is 91.5 Å². The van der Waals surface area contributed by atoms with Crippen LogP contribution in [0.25, 0.3) is 5.69 Å². The standard InChI is InChI=1S/C14H14BCl.C11H12N2/c1-15(13-7-3-2-4-8-13)14-9-5-6-12(10-14)11-16;1-9-4-3-5-10(2)11(9)13-7-6-12-8-13/h2-10H,11H2,1H3;3-8H,1-2H3. The highest BCUT2D eigenvalue weighted by Crippen LogP contribution is 2.17. The molecule has 0 aliphatic heterocycles. The van der Waals surface area contributed by atoms with E-state index in [0.717, 1.165) is 0 Å². The van der Waals surface area contributed by atoms with Crippen molar-refractivity contribution in [1.29, 1.82) is 0 Å². The maximum absolute atomic E-state index is 5.85. The summed E-state index contributed by atoms with van der Waals surface area (Å²) in [6, 6.07) is 25.3. The Morgan fingerprint density at radius 2 is 1.52 bits per heavy atom. The lowest BCUT2D eigenvalue weighted by molar-refractivity contribution is 1.02. The van der Waals surface area contributed by atoms with E-state index >= 15 is 0 Å². The van der Waals surface area contributed by atoms with Crippen LogP contribution in [0.4, 0.5) is 0 Å². The lowest BCUT2D eigenvalue weighted by Crippen LogP contribution is -2.39. The van der Waals surface area contributed by atoms with Crippen LogP contribution in [0.3, 0.4) is 0 Å². The van der Waals surface area contributed by atoms with E-state index in [9.17, 15) is 0 Å². The van der Waals surface area contributed by atoms with Crippen molar-refractivity contribution in [2.24, 2.45) is 0 Å². The van der Waals surface area contributed by atoms with Gasteiger partial charge in [0.1, 0.15) is 0 Å². The van der Waals surface area contributed by atoms with Crippen LogP contribution in [0.1, 0.15) is 16.7 Å². The molecule has 1 aromatic heterocycles. The number of hydrogen-bond acceptors (Lipinski definition) is 1. The lowest BCUT2D eigenvalue weighted by Gasteiger charge is -2.10. The molecule has 0 atom stereocenters. The molecule has 146 valence electrons. The largest absolute Gasteiger partial charge is 0.306 e. The van der Waals surface area contributed by atoms with Gasteiger partial charge in [-0.05, 0) is 30.5 Å². The number of alkyl halides is 1. The third-order valence-corrected chi connectivity index (χ3v) is 5.42. The minimum Gasteiger partial charge on any atom is -0.306 e. The summed E-state index contributed by atoms with van der Waals surface area (Å²) in [5.41, 5.74) is 7.64. The first-order valence-electron chi connectivity index (χ1n) is 9.84. The van der Waals surface area contributed by atoms with E-state index in [1.807, 2.05) is 23.2 Å². The number of benzene rings is 3. The predicted octanol–water partition coefficient (Wildman–Crippen LogP) is 5.15. The maximum atomic E-state index is 5.85. The Balaban J connectivity index is 0.000000169. The first kappa shape index (κ1) is 20.9. The van der Waals surface area contributed by atoms with Crippen molar-refractivity contribution in [3.63, 3.8) is 0 Å². The smallest absolute Gasteiger partial charge is 0.206 e. The van der Waals surface area contributed by atoms with Crippen LogP contribution in [0, 0.1) is 13.8 Å². The van der Waals surface area contributed by atoms with Gasteiger partial charge in [0.25, 0.3) is 0 Å². The molecule has 0 amide bonds. The van der Waals surface area contributed by atoms with E-state index in [2.05, 4.69) is 92.4 Å². The van der Waals surface area contributed by atoms with Gasteiger partial charge in [-0.2, -0.15) is 0 Å². The van der Waals surface area contributed by atoms with Gasteiger partial charge in [0.05, 0.1) is 12.0 Å². The van der Waals surface area contributed by atoms with Crippen molar-refractivity contribution in [1.82, 2.24) is 9.55 Å². The Kier molecular flexibility index (Phi) is 7.32. The fourth-order valence-corrected chi connectivity index (χ4v) is 3.65. The molecule has 0 aliphatic rings. The number of para-hydroxylation sites is 1. The van der Waals surface area contributed by atoms with E-state index in [1.54, 1.807) is 6.20 Å². The molecule has 4 heteroatoms. The van der Waals surface area contributed by atoms with E-state index < -0.39 is 0 Å². The Bertz CT molecular complexity index is 1010. The van der Waals surface area contributed by atoms with E-state index in [1.165, 1.54) is 33.3 Å². The number of imidazole rings is 1. The van der Waals surface area contributed by atoms with E-state index in [4.69, 9.17) is 11.6 Å². The fourth-order valence-electron chi connectivity index (χ4n) is 3.48. The molecule has 29 heavy (non-hydrogen) atoms. The molecule has 0 N–H and O–H groups in total. The fraction of sp³-hybridized carbons (Fsp3) is 0.160. The topological polar surface area (TPSA) is 17.8 Å². The molecular formula is C25H26BClN2. The van der Waals surface area contributed by atoms with Gasteiger partial charge in [0, 0.05) is 18.3 Å². The monoisotopic (exact) mass is 400 g/mol. The second-order valence-corrected chi connectivity index (χ2v) is 7.49. The Morgan fingerprint density at radius 3 is 2.14 bits per heavy atom. The van der Waals surface area contributed by atoms with Crippen LogP contribution in [-0.2, 0) is 5.88 Å². The maximum Gasteiger partial charge on any atom is 0.206 e. The molecule has 4 rings (SSSR count). The summed E-state index contributed by atoms with van der Waals surface area (Å²) < 4.78 is 2.05. The zero-order valence-corrected chi connectivity index (χ0v) is 18.0. The zero-order valence-electron chi connectivity index (χ0n) is 17.2. The number of aromatic nitrogens is 2. The minimum absolute atomic E-state index is 0.421. The highest BCUT2D eigenvalue weighted by atomic mass is 35.5. The summed E-state index contributed by atoms with van der Waals surface area (Å²) in [5, 5.41) is 0. The van der Waals surface area contributed by atoms with Gasteiger partial charge < -0.3 is 4.57 Å². The van der Waals surface area contributed by atoms with Crippen LogP contribution in [0.2, 0.25) is 6.82 Å². The summed E-state index contributed by atoms with van der Waals surface area (Å²) in [6.07, 6.45) is 5.59. The third kappa shape index (κ3) is 5.39. The van der Waals surface area contributed by atoms with Gasteiger partial charge in [-0.3, -0.25) is 0 Å². The Labute approximate surface area is 179 Å². The molecule has 4 aromatic rings. The second-order valence-electron chi connectivity index (χ2n) is 7.22. The third-order valence-electron chi connectivity index (χ3n) is 5.11. The number of nitrogens with zero attached hydrogens (tertiary/aromatic N) is 2. The highest BCUT2D eigenvalue weighted by molar-refractivity contribution is 6.84. The van der Waals surface area contributed by atoms with Crippen LogP contribution in [-0.4, -0.2) is 16.3 Å². The van der Waals surface area contributed by atoms with Crippen molar-refractivity contribution < 1.29 is 0 Å². The normalized spacial score (nSPS) is 10.2. The van der Waals surface area contributed by atoms with Gasteiger partial charge in [0.15, 0.2) is 0 Å². The molecular weight excluding hydrogens is 375 g/mol. The zero-order chi connectivity index (χ0) is 20.6. The predicted molar refractivity (Wildman–Crippen MR) is 126 cm³/mol. The van der Waals surface area contributed by atoms with Crippen LogP contribution in [0.5, 0.6) is 0 Å². The number of hydrogen-bond donors (Lipinski definition) is 0. The quantitative estimate of drug-likeness (QED) is 0.342. The molecule has 3 aromatic carbocycles. The Hall–Kier alpha value is -2.78. The van der Waals surface area contributed by atoms with Gasteiger partial charge >= 0.3 is 0 Å². The van der Waals surface area contributed by atoms with E-state index in [-0.39, 0.29) is 0 Å². The summed E-state index contributed by atoms with van der Waals surface area (Å²) in [7, 11) is 0. The molecule has 0 radical (unpaired) electrons. The first-order chi connectivity index (χ1) is 14.1. The van der Waals surface area contributed by atoms with Crippen LogP contribution >= 0.6 is 11.6 Å². The van der Waals surface area contributed by atoms with E-state index in [0.29, 0.717) is 12.6 Å². The highest BCUT2D eigenvalue weighted by Gasteiger charge is 2.12. The molecule has 0 saturated heterocycles. The lowest BCUT2D eigenvalue weighted by atomic mass is 9.42. The van der Waals surface area contributed by atoms with Crippen molar-refractivity contribution in [3.05, 3.63) is 108 Å². The van der Waals surface area contributed by atoms with Gasteiger partial charge in [-0.1, -0.05) is 90.5 Å². The summed E-state index contributed by atoms with van der Waals surface area (Å²) in [4.78, 5) is 4.04. The van der Waals surface area contributed by atoms with Crippen molar-refractivity contribution in [2.75, 3.05) is 0 Å². The number of halogens is 1. The van der Waals surface area contributed by atoms with Gasteiger partial charge in [0.2, 0.25) is 6.71 Å². The SMILES string of the molecule is CB(c1ccccc1)c1cccc(CCl)c1.Cc1cccc(C)c1-n1ccnc1. The molecule has 0 saturated carbocycles. The van der Waals surface area contributed by atoms with Gasteiger partial charge in [-0.25, -0.2) is 4.98 Å². The molecule has 0 spiro atoms. The minimum atomic E-state index is 0.421. The summed E-state index contributed by atoms with van der Waals surface area (Å²) >= 11 is 5.85. The molecule has 1 heterocycles. The molecule has 0 bridgehead atoms. The summed E-state index contributed by atoms with van der Waals surface area (Å²) in [5.74, 6) is 0.579. The van der Waals surface area contributed by atoms with Crippen LogP contribution < -0.4 is 10.9 Å². The molecule has 0 aliphatic carbocycles. The molecule has 0 fully saturated rings. The van der Waals surface area contributed by atoms with Crippen molar-refractivity contribution in [3.8, 4) is 5.69 Å². The average molecular weight is 401 g/mol. The average Bonchev–Trinajstić information content (AvgIpc) is 3.28. The van der Waals surface area contributed by atoms with Gasteiger partial charge in [-0.15, -0.1) is 11.6 Å².